The van der Waals surface area contributed by atoms with Crippen molar-refractivity contribution in [1.29, 1.82) is 0 Å². The number of carbonyl (C=O) groups is 3. The number of phenols is 1. The molecule has 0 heterocycles. The number of ketones is 2. The van der Waals surface area contributed by atoms with E-state index >= 15 is 0 Å². The van der Waals surface area contributed by atoms with E-state index in [1.807, 2.05) is 0 Å². The summed E-state index contributed by atoms with van der Waals surface area (Å²) in [4.78, 5) is 43.2. The molecule has 10 nitrogen and oxygen atoms in total. The number of hydrogen-bond donors (Lipinski definition) is 5. The van der Waals surface area contributed by atoms with Gasteiger partial charge in [0.05, 0.1) is 11.6 Å². The third-order valence-electron chi connectivity index (χ3n) is 10.1. The Balaban J connectivity index is 1.54. The van der Waals surface area contributed by atoms with Crippen LogP contribution in [0.15, 0.2) is 23.0 Å². The van der Waals surface area contributed by atoms with Crippen molar-refractivity contribution in [2.24, 2.45) is 23.5 Å². The first-order valence-electron chi connectivity index (χ1n) is 15.2. The highest BCUT2D eigenvalue weighted by molar-refractivity contribution is 6.32. The normalized spacial score (nSPS) is 28.2. The minimum absolute atomic E-state index is 0.0110. The maximum absolute atomic E-state index is 14.0. The second-order valence-electron chi connectivity index (χ2n) is 12.9. The molecule has 0 bridgehead atoms. The summed E-state index contributed by atoms with van der Waals surface area (Å²) in [5.41, 5.74) is 2.92. The maximum atomic E-state index is 14.0. The fourth-order valence-electron chi connectivity index (χ4n) is 7.92. The Kier molecular flexibility index (Phi) is 8.70. The van der Waals surface area contributed by atoms with Gasteiger partial charge in [-0.05, 0) is 75.4 Å². The molecule has 11 heteroatoms. The fourth-order valence-corrected chi connectivity index (χ4v) is 8.21. The first-order valence-corrected chi connectivity index (χ1v) is 15.6. The number of phenolic OH excluding ortho intramolecular Hbond substituents is 1. The van der Waals surface area contributed by atoms with Gasteiger partial charge in [0.25, 0.3) is 5.91 Å². The third kappa shape index (κ3) is 5.16. The Morgan fingerprint density at radius 2 is 1.77 bits per heavy atom. The number of nitrogens with zero attached hydrogens (tertiary/aromatic N) is 2. The molecular formula is C32H42ClN3O7. The molecule has 0 aliphatic heterocycles. The van der Waals surface area contributed by atoms with E-state index in [9.17, 15) is 34.8 Å². The number of nitrogens with two attached hydrogens (primary N) is 1. The molecule has 0 spiro atoms. The van der Waals surface area contributed by atoms with Gasteiger partial charge in [-0.15, -0.1) is 0 Å². The number of aromatic hydroxyl groups is 1. The number of carbonyl (C=O) groups excluding carboxylic acids is 3. The highest BCUT2D eigenvalue weighted by Gasteiger charge is 2.64. The van der Waals surface area contributed by atoms with Crippen LogP contribution in [0.4, 0.5) is 0 Å². The second kappa shape index (κ2) is 11.9. The van der Waals surface area contributed by atoms with Gasteiger partial charge in [-0.3, -0.25) is 24.2 Å². The molecule has 4 aliphatic rings. The van der Waals surface area contributed by atoms with Gasteiger partial charge in [0.2, 0.25) is 5.78 Å². The average molecular weight is 616 g/mol. The van der Waals surface area contributed by atoms with Crippen LogP contribution in [0.5, 0.6) is 5.75 Å². The number of amides is 1. The van der Waals surface area contributed by atoms with Crippen molar-refractivity contribution < 1.29 is 34.8 Å². The monoisotopic (exact) mass is 615 g/mol. The molecule has 1 aromatic carbocycles. The van der Waals surface area contributed by atoms with Crippen molar-refractivity contribution >= 4 is 34.8 Å². The summed E-state index contributed by atoms with van der Waals surface area (Å²) in [6.07, 6.45) is 7.63. The molecule has 0 radical (unpaired) electrons. The van der Waals surface area contributed by atoms with Crippen molar-refractivity contribution in [2.45, 2.75) is 76.5 Å². The summed E-state index contributed by atoms with van der Waals surface area (Å²) in [5, 5.41) is 45.7. The molecule has 1 amide bonds. The van der Waals surface area contributed by atoms with Crippen LogP contribution in [-0.2, 0) is 27.3 Å². The SMILES string of the molecule is CCN(Cc1cc(O)c2c(c1Cl)C[C@H]1C[C@H]3[C@H](N(C)C)C(=O)C(C(N)=O)=C(O)[C@@]3(O)C(=O)C1=C2O)CC1CCCCCC1. The zero-order valence-electron chi connectivity index (χ0n) is 25.0. The molecule has 4 atom stereocenters. The fraction of sp³-hybridized carbons (Fsp3) is 0.594. The smallest absolute Gasteiger partial charge is 0.255 e. The number of likely N-dealkylation sites (N-methyl/N-ethyl adjacent to an activating group) is 1. The Labute approximate surface area is 256 Å². The molecule has 1 aromatic rings. The zero-order chi connectivity index (χ0) is 31.4. The van der Waals surface area contributed by atoms with Crippen molar-refractivity contribution in [1.82, 2.24) is 9.80 Å². The molecule has 0 unspecified atom stereocenters. The minimum Gasteiger partial charge on any atom is -0.508 e. The van der Waals surface area contributed by atoms with Crippen LogP contribution in [0.25, 0.3) is 5.76 Å². The van der Waals surface area contributed by atoms with Crippen molar-refractivity contribution in [2.75, 3.05) is 27.2 Å². The first kappa shape index (κ1) is 31.5. The van der Waals surface area contributed by atoms with E-state index in [-0.39, 0.29) is 29.7 Å². The molecule has 4 aliphatic carbocycles. The minimum atomic E-state index is -2.66. The van der Waals surface area contributed by atoms with Crippen molar-refractivity contribution in [3.63, 3.8) is 0 Å². The summed E-state index contributed by atoms with van der Waals surface area (Å²) in [6, 6.07) is 0.387. The number of benzene rings is 1. The van der Waals surface area contributed by atoms with Crippen LogP contribution in [0.2, 0.25) is 5.02 Å². The van der Waals surface area contributed by atoms with Crippen LogP contribution in [0.1, 0.15) is 68.6 Å². The molecule has 2 fully saturated rings. The van der Waals surface area contributed by atoms with E-state index in [0.29, 0.717) is 28.6 Å². The number of rotatable bonds is 7. The molecule has 0 aromatic heterocycles. The zero-order valence-corrected chi connectivity index (χ0v) is 25.8. The lowest BCUT2D eigenvalue weighted by Gasteiger charge is -2.50. The number of hydrogen-bond acceptors (Lipinski definition) is 9. The predicted molar refractivity (Wildman–Crippen MR) is 161 cm³/mol. The van der Waals surface area contributed by atoms with Gasteiger partial charge in [-0.2, -0.15) is 0 Å². The number of halogens is 1. The summed E-state index contributed by atoms with van der Waals surface area (Å²) < 4.78 is 0. The molecule has 43 heavy (non-hydrogen) atoms. The van der Waals surface area contributed by atoms with Crippen LogP contribution in [-0.4, -0.2) is 86.5 Å². The lowest BCUT2D eigenvalue weighted by molar-refractivity contribution is -0.153. The summed E-state index contributed by atoms with van der Waals surface area (Å²) in [7, 11) is 3.15. The molecule has 234 valence electrons. The lowest BCUT2D eigenvalue weighted by atomic mass is 9.57. The third-order valence-corrected chi connectivity index (χ3v) is 10.5. The van der Waals surface area contributed by atoms with Gasteiger partial charge < -0.3 is 26.2 Å². The van der Waals surface area contributed by atoms with Gasteiger partial charge in [0.15, 0.2) is 11.4 Å². The molecule has 6 N–H and O–H groups in total. The van der Waals surface area contributed by atoms with Gasteiger partial charge in [0, 0.05) is 29.6 Å². The van der Waals surface area contributed by atoms with E-state index < -0.39 is 58.0 Å². The van der Waals surface area contributed by atoms with E-state index in [2.05, 4.69) is 11.8 Å². The number of fused-ring (bicyclic) bond motifs is 3. The Morgan fingerprint density at radius 1 is 1.12 bits per heavy atom. The number of primary amides is 1. The van der Waals surface area contributed by atoms with E-state index in [1.54, 1.807) is 14.1 Å². The molecule has 0 saturated heterocycles. The Morgan fingerprint density at radius 3 is 2.35 bits per heavy atom. The summed E-state index contributed by atoms with van der Waals surface area (Å²) in [6.45, 7) is 4.35. The van der Waals surface area contributed by atoms with Crippen LogP contribution < -0.4 is 5.73 Å². The summed E-state index contributed by atoms with van der Waals surface area (Å²) >= 11 is 6.98. The Bertz CT molecular complexity index is 1410. The molecule has 2 saturated carbocycles. The lowest BCUT2D eigenvalue weighted by Crippen LogP contribution is -2.65. The van der Waals surface area contributed by atoms with Crippen molar-refractivity contribution in [3.05, 3.63) is 44.7 Å². The van der Waals surface area contributed by atoms with E-state index in [4.69, 9.17) is 17.3 Å². The van der Waals surface area contributed by atoms with Crippen LogP contribution >= 0.6 is 11.6 Å². The van der Waals surface area contributed by atoms with Gasteiger partial charge in [-0.1, -0.05) is 44.2 Å². The average Bonchev–Trinajstić information content (AvgIpc) is 3.21. The predicted octanol–water partition coefficient (Wildman–Crippen LogP) is 3.41. The first-order chi connectivity index (χ1) is 20.3. The summed E-state index contributed by atoms with van der Waals surface area (Å²) in [5.74, 6) is -6.14. The molecular weight excluding hydrogens is 574 g/mol. The Hall–Kier alpha value is -2.92. The highest BCUT2D eigenvalue weighted by atomic mass is 35.5. The van der Waals surface area contributed by atoms with E-state index in [1.165, 1.54) is 49.5 Å². The van der Waals surface area contributed by atoms with Gasteiger partial charge >= 0.3 is 0 Å². The van der Waals surface area contributed by atoms with E-state index in [0.717, 1.165) is 13.1 Å². The number of aliphatic hydroxyl groups excluding tert-OH is 2. The second-order valence-corrected chi connectivity index (χ2v) is 13.2. The topological polar surface area (TPSA) is 165 Å². The maximum Gasteiger partial charge on any atom is 0.255 e. The standard InChI is InChI=1S/C32H42ClN3O7/c1-4-36(14-16-9-7-5-6-8-10-16)15-18-13-21(37)23-19(25(18)33)11-17-12-20-26(35(2)3)28(39)24(31(34)42)30(41)32(20,43)29(40)22(17)27(23)38/h13,16-17,20,26,37-38,41,43H,4-12,14-15H2,1-3H3,(H2,34,42)/t17-,20-,26-,32-/m0/s1. The molecule has 5 rings (SSSR count). The van der Waals surface area contributed by atoms with Gasteiger partial charge in [0.1, 0.15) is 22.8 Å². The largest absolute Gasteiger partial charge is 0.508 e. The van der Waals surface area contributed by atoms with Gasteiger partial charge in [-0.25, -0.2) is 0 Å². The van der Waals surface area contributed by atoms with Crippen LogP contribution in [0, 0.1) is 17.8 Å². The quantitative estimate of drug-likeness (QED) is 0.228. The number of Topliss-reactive ketones (excluding diaryl/α,β-unsaturated/α-hetero) is 2. The van der Waals surface area contributed by atoms with Crippen LogP contribution in [0.3, 0.4) is 0 Å². The van der Waals surface area contributed by atoms with Crippen molar-refractivity contribution in [3.8, 4) is 5.75 Å². The highest BCUT2D eigenvalue weighted by Crippen LogP contribution is 2.53. The number of aliphatic hydroxyl groups is 3.